The number of fused-ring (bicyclic) bond motifs is 3. The third-order valence-electron chi connectivity index (χ3n) is 6.47. The Hall–Kier alpha value is -3.61. The summed E-state index contributed by atoms with van der Waals surface area (Å²) in [6.07, 6.45) is 1.71. The van der Waals surface area contributed by atoms with E-state index in [1.165, 1.54) is 15.9 Å². The van der Waals surface area contributed by atoms with Crippen molar-refractivity contribution in [2.45, 2.75) is 26.4 Å². The molecule has 0 unspecified atom stereocenters. The second-order valence-electron chi connectivity index (χ2n) is 8.66. The van der Waals surface area contributed by atoms with E-state index < -0.39 is 0 Å². The van der Waals surface area contributed by atoms with E-state index in [0.717, 1.165) is 22.8 Å². The van der Waals surface area contributed by atoms with Crippen LogP contribution in [-0.2, 0) is 18.4 Å². The highest BCUT2D eigenvalue weighted by atomic mass is 16.2. The molecule has 1 aliphatic rings. The van der Waals surface area contributed by atoms with Crippen LogP contribution in [0.4, 0.5) is 5.69 Å². The van der Waals surface area contributed by atoms with Crippen LogP contribution in [0.5, 0.6) is 0 Å². The van der Waals surface area contributed by atoms with Gasteiger partial charge >= 0.3 is 0 Å². The summed E-state index contributed by atoms with van der Waals surface area (Å²) < 4.78 is 3.18. The molecule has 0 bridgehead atoms. The topological polar surface area (TPSA) is 63.4 Å². The molecule has 7 nitrogen and oxygen atoms in total. The maximum atomic E-state index is 13.4. The average molecular weight is 430 g/mol. The second-order valence-corrected chi connectivity index (χ2v) is 8.66. The number of nitrogens with zero attached hydrogens (tertiary/aromatic N) is 5. The van der Waals surface area contributed by atoms with Gasteiger partial charge in [-0.1, -0.05) is 30.3 Å². The molecule has 1 aliphatic heterocycles. The molecular weight excluding hydrogens is 402 g/mol. The Morgan fingerprint density at radius 1 is 1.09 bits per heavy atom. The van der Waals surface area contributed by atoms with Crippen molar-refractivity contribution in [2.24, 2.45) is 7.05 Å². The Bertz CT molecular complexity index is 1390. The SMILES string of the molecule is Cc1cccc(N2CCN(C(=O)Cn3c4ccccc4c4cnn(C)c(=O)c43)C[C@@H]2C)c1. The Kier molecular flexibility index (Phi) is 4.96. The first kappa shape index (κ1) is 20.3. The number of carbonyl (C=O) groups is 1. The van der Waals surface area contributed by atoms with Gasteiger partial charge in [0.05, 0.1) is 6.20 Å². The fourth-order valence-corrected chi connectivity index (χ4v) is 4.82. The largest absolute Gasteiger partial charge is 0.365 e. The Morgan fingerprint density at radius 3 is 2.69 bits per heavy atom. The average Bonchev–Trinajstić information content (AvgIpc) is 3.10. The summed E-state index contributed by atoms with van der Waals surface area (Å²) in [6.45, 7) is 6.50. The number of aromatic nitrogens is 3. The Balaban J connectivity index is 1.43. The number of hydrogen-bond donors (Lipinski definition) is 0. The number of hydrogen-bond acceptors (Lipinski definition) is 4. The molecule has 7 heteroatoms. The number of para-hydroxylation sites is 1. The van der Waals surface area contributed by atoms with E-state index in [4.69, 9.17) is 0 Å². The summed E-state index contributed by atoms with van der Waals surface area (Å²) in [6, 6.07) is 16.5. The van der Waals surface area contributed by atoms with Crippen LogP contribution in [0.15, 0.2) is 59.5 Å². The van der Waals surface area contributed by atoms with Gasteiger partial charge in [0.1, 0.15) is 12.1 Å². The van der Waals surface area contributed by atoms with E-state index in [0.29, 0.717) is 18.6 Å². The first-order valence-electron chi connectivity index (χ1n) is 11.0. The smallest absolute Gasteiger partial charge is 0.291 e. The number of anilines is 1. The number of aryl methyl sites for hydroxylation is 2. The fourth-order valence-electron chi connectivity index (χ4n) is 4.82. The molecule has 32 heavy (non-hydrogen) atoms. The maximum Gasteiger partial charge on any atom is 0.291 e. The van der Waals surface area contributed by atoms with E-state index in [-0.39, 0.29) is 24.1 Å². The number of piperazine rings is 1. The molecular formula is C25H27N5O2. The predicted molar refractivity (Wildman–Crippen MR) is 127 cm³/mol. The van der Waals surface area contributed by atoms with Gasteiger partial charge < -0.3 is 14.4 Å². The summed E-state index contributed by atoms with van der Waals surface area (Å²) in [5, 5.41) is 5.91. The van der Waals surface area contributed by atoms with Crippen molar-refractivity contribution in [3.8, 4) is 0 Å². The minimum absolute atomic E-state index is 0.0299. The maximum absolute atomic E-state index is 13.4. The lowest BCUT2D eigenvalue weighted by molar-refractivity contribution is -0.132. The summed E-state index contributed by atoms with van der Waals surface area (Å²) in [5.41, 5.74) is 3.65. The number of benzene rings is 2. The molecule has 0 radical (unpaired) electrons. The first-order chi connectivity index (χ1) is 15.4. The molecule has 4 aromatic rings. The van der Waals surface area contributed by atoms with Gasteiger partial charge in [-0.15, -0.1) is 0 Å². The Morgan fingerprint density at radius 2 is 1.91 bits per heavy atom. The van der Waals surface area contributed by atoms with Crippen LogP contribution in [-0.4, -0.2) is 50.8 Å². The summed E-state index contributed by atoms with van der Waals surface area (Å²) in [7, 11) is 1.64. The third-order valence-corrected chi connectivity index (χ3v) is 6.47. The molecule has 1 amide bonds. The highest BCUT2D eigenvalue weighted by Crippen LogP contribution is 2.27. The molecule has 1 fully saturated rings. The van der Waals surface area contributed by atoms with Gasteiger partial charge in [0.25, 0.3) is 5.56 Å². The molecule has 0 N–H and O–H groups in total. The van der Waals surface area contributed by atoms with Crippen LogP contribution in [0.25, 0.3) is 21.8 Å². The van der Waals surface area contributed by atoms with Crippen molar-refractivity contribution in [2.75, 3.05) is 24.5 Å². The van der Waals surface area contributed by atoms with E-state index in [1.54, 1.807) is 13.2 Å². The molecule has 0 aliphatic carbocycles. The number of rotatable bonds is 3. The van der Waals surface area contributed by atoms with Crippen molar-refractivity contribution >= 4 is 33.4 Å². The molecule has 3 heterocycles. The normalized spacial score (nSPS) is 16.8. The predicted octanol–water partition coefficient (Wildman–Crippen LogP) is 2.93. The van der Waals surface area contributed by atoms with Crippen LogP contribution in [0.3, 0.4) is 0 Å². The van der Waals surface area contributed by atoms with Crippen LogP contribution < -0.4 is 10.5 Å². The lowest BCUT2D eigenvalue weighted by atomic mass is 10.1. The van der Waals surface area contributed by atoms with Gasteiger partial charge in [0.15, 0.2) is 0 Å². The molecule has 0 saturated carbocycles. The molecule has 164 valence electrons. The highest BCUT2D eigenvalue weighted by Gasteiger charge is 2.28. The molecule has 5 rings (SSSR count). The number of carbonyl (C=O) groups excluding carboxylic acids is 1. The lowest BCUT2D eigenvalue weighted by Gasteiger charge is -2.41. The Labute approximate surface area is 186 Å². The van der Waals surface area contributed by atoms with Crippen molar-refractivity contribution in [1.82, 2.24) is 19.2 Å². The second kappa shape index (κ2) is 7.82. The van der Waals surface area contributed by atoms with E-state index in [1.807, 2.05) is 33.7 Å². The molecule has 2 aromatic heterocycles. The van der Waals surface area contributed by atoms with Crippen molar-refractivity contribution < 1.29 is 4.79 Å². The van der Waals surface area contributed by atoms with Crippen molar-refractivity contribution in [1.29, 1.82) is 0 Å². The van der Waals surface area contributed by atoms with Gasteiger partial charge in [-0.2, -0.15) is 5.10 Å². The summed E-state index contributed by atoms with van der Waals surface area (Å²) in [4.78, 5) is 30.5. The monoisotopic (exact) mass is 429 g/mol. The van der Waals surface area contributed by atoms with Crippen LogP contribution in [0.1, 0.15) is 12.5 Å². The third kappa shape index (κ3) is 3.34. The standard InChI is InChI=1S/C25H27N5O2/c1-17-7-6-8-19(13-17)29-12-11-28(15-18(29)2)23(31)16-30-22-10-5-4-9-20(22)21-14-26-27(3)25(32)24(21)30/h4-10,13-14,18H,11-12,15-16H2,1-3H3/t18-/m0/s1. The molecule has 0 spiro atoms. The zero-order valence-corrected chi connectivity index (χ0v) is 18.7. The molecule has 1 saturated heterocycles. The van der Waals surface area contributed by atoms with Gasteiger partial charge in [0.2, 0.25) is 5.91 Å². The van der Waals surface area contributed by atoms with Gasteiger partial charge in [-0.05, 0) is 37.6 Å². The first-order valence-corrected chi connectivity index (χ1v) is 11.0. The van der Waals surface area contributed by atoms with Gasteiger partial charge in [-0.25, -0.2) is 4.68 Å². The summed E-state index contributed by atoms with van der Waals surface area (Å²) in [5.74, 6) is 0.0299. The van der Waals surface area contributed by atoms with Crippen molar-refractivity contribution in [3.63, 3.8) is 0 Å². The highest BCUT2D eigenvalue weighted by molar-refractivity contribution is 6.07. The zero-order valence-electron chi connectivity index (χ0n) is 18.7. The van der Waals surface area contributed by atoms with Crippen LogP contribution in [0.2, 0.25) is 0 Å². The molecule has 1 atom stereocenters. The minimum Gasteiger partial charge on any atom is -0.365 e. The van der Waals surface area contributed by atoms with Gasteiger partial charge in [-0.3, -0.25) is 9.59 Å². The van der Waals surface area contributed by atoms with Crippen molar-refractivity contribution in [3.05, 3.63) is 70.6 Å². The van der Waals surface area contributed by atoms with Crippen LogP contribution in [0, 0.1) is 6.92 Å². The van der Waals surface area contributed by atoms with E-state index in [9.17, 15) is 9.59 Å². The fraction of sp³-hybridized carbons (Fsp3) is 0.320. The van der Waals surface area contributed by atoms with Gasteiger partial charge in [0, 0.05) is 54.7 Å². The zero-order chi connectivity index (χ0) is 22.4. The van der Waals surface area contributed by atoms with E-state index >= 15 is 0 Å². The number of amides is 1. The van der Waals surface area contributed by atoms with E-state index in [2.05, 4.69) is 48.1 Å². The summed E-state index contributed by atoms with van der Waals surface area (Å²) >= 11 is 0. The minimum atomic E-state index is -0.191. The molecule has 2 aromatic carbocycles. The lowest BCUT2D eigenvalue weighted by Crippen LogP contribution is -2.54. The quantitative estimate of drug-likeness (QED) is 0.502. The van der Waals surface area contributed by atoms with Crippen LogP contribution >= 0.6 is 0 Å².